The van der Waals surface area contributed by atoms with Gasteiger partial charge in [-0.15, -0.1) is 0 Å². The van der Waals surface area contributed by atoms with Gasteiger partial charge in [0, 0.05) is 38.4 Å². The molecule has 2 amide bonds. The first-order valence-electron chi connectivity index (χ1n) is 7.60. The molecular weight excluding hydrogens is 298 g/mol. The number of hydrogen-bond donors (Lipinski definition) is 2. The first-order chi connectivity index (χ1) is 11.1. The Kier molecular flexibility index (Phi) is 5.95. The number of anilines is 2. The number of carbonyl (C=O) groups excluding carboxylic acids is 2. The molecule has 0 aliphatic carbocycles. The summed E-state index contributed by atoms with van der Waals surface area (Å²) in [5.74, 6) is 0.459. The van der Waals surface area contributed by atoms with E-state index in [4.69, 9.17) is 15.2 Å². The zero-order valence-corrected chi connectivity index (χ0v) is 13.5. The van der Waals surface area contributed by atoms with E-state index in [0.717, 1.165) is 12.1 Å². The van der Waals surface area contributed by atoms with Gasteiger partial charge in [-0.25, -0.2) is 0 Å². The normalized spacial score (nSPS) is 15.6. The van der Waals surface area contributed by atoms with Crippen LogP contribution in [-0.4, -0.2) is 45.2 Å². The average molecular weight is 321 g/mol. The van der Waals surface area contributed by atoms with Gasteiger partial charge in [-0.2, -0.15) is 0 Å². The fourth-order valence-corrected chi connectivity index (χ4v) is 2.56. The highest BCUT2D eigenvalue weighted by atomic mass is 16.5. The molecule has 1 unspecified atom stereocenters. The van der Waals surface area contributed by atoms with E-state index >= 15 is 0 Å². The molecule has 0 bridgehead atoms. The van der Waals surface area contributed by atoms with Crippen molar-refractivity contribution in [1.82, 2.24) is 0 Å². The molecule has 1 aliphatic rings. The van der Waals surface area contributed by atoms with Crippen molar-refractivity contribution in [2.45, 2.75) is 25.4 Å². The van der Waals surface area contributed by atoms with Crippen LogP contribution < -0.4 is 20.7 Å². The summed E-state index contributed by atoms with van der Waals surface area (Å²) in [5.41, 5.74) is 6.84. The third-order valence-electron chi connectivity index (χ3n) is 3.84. The lowest BCUT2D eigenvalue weighted by molar-refractivity contribution is -0.118. The highest BCUT2D eigenvalue weighted by Gasteiger charge is 2.24. The number of amides is 2. The number of ether oxygens (including phenoxy) is 2. The molecule has 1 aromatic carbocycles. The van der Waals surface area contributed by atoms with Gasteiger partial charge in [-0.3, -0.25) is 9.59 Å². The quantitative estimate of drug-likeness (QED) is 0.785. The van der Waals surface area contributed by atoms with E-state index < -0.39 is 0 Å². The third-order valence-corrected chi connectivity index (χ3v) is 3.84. The van der Waals surface area contributed by atoms with E-state index in [-0.39, 0.29) is 30.9 Å². The molecule has 1 fully saturated rings. The predicted molar refractivity (Wildman–Crippen MR) is 87.7 cm³/mol. The molecule has 23 heavy (non-hydrogen) atoms. The molecule has 0 aromatic heterocycles. The van der Waals surface area contributed by atoms with Gasteiger partial charge >= 0.3 is 0 Å². The van der Waals surface area contributed by atoms with E-state index in [0.29, 0.717) is 24.4 Å². The first-order valence-corrected chi connectivity index (χ1v) is 7.60. The molecule has 7 nitrogen and oxygen atoms in total. The first kappa shape index (κ1) is 17.2. The number of nitrogens with zero attached hydrogens (tertiary/aromatic N) is 1. The summed E-state index contributed by atoms with van der Waals surface area (Å²) in [6, 6.07) is 5.25. The van der Waals surface area contributed by atoms with E-state index in [2.05, 4.69) is 5.32 Å². The minimum absolute atomic E-state index is 0.0889. The Morgan fingerprint density at radius 1 is 1.43 bits per heavy atom. The fourth-order valence-electron chi connectivity index (χ4n) is 2.56. The Balaban J connectivity index is 2.09. The van der Waals surface area contributed by atoms with E-state index in [1.54, 1.807) is 30.2 Å². The van der Waals surface area contributed by atoms with Gasteiger partial charge in [0.05, 0.1) is 25.3 Å². The maximum atomic E-state index is 12.0. The van der Waals surface area contributed by atoms with Gasteiger partial charge < -0.3 is 25.4 Å². The second kappa shape index (κ2) is 7.94. The average Bonchev–Trinajstić information content (AvgIpc) is 2.98. The van der Waals surface area contributed by atoms with E-state index in [1.807, 2.05) is 0 Å². The second-order valence-electron chi connectivity index (χ2n) is 5.38. The summed E-state index contributed by atoms with van der Waals surface area (Å²) in [5, 5.41) is 2.79. The van der Waals surface area contributed by atoms with Crippen LogP contribution in [0.3, 0.4) is 0 Å². The van der Waals surface area contributed by atoms with E-state index in [9.17, 15) is 9.59 Å². The summed E-state index contributed by atoms with van der Waals surface area (Å²) in [6.07, 6.45) is 1.28. The Morgan fingerprint density at radius 3 is 2.78 bits per heavy atom. The maximum Gasteiger partial charge on any atom is 0.227 e. The van der Waals surface area contributed by atoms with Crippen molar-refractivity contribution >= 4 is 23.2 Å². The predicted octanol–water partition coefficient (Wildman–Crippen LogP) is 1.12. The number of nitrogens with two attached hydrogens (primary N) is 1. The SMILES string of the molecule is COc1cc(NC(=O)CC(CN)OC)ccc1N1CCCC1=O. The summed E-state index contributed by atoms with van der Waals surface area (Å²) >= 11 is 0. The third kappa shape index (κ3) is 4.20. The van der Waals surface area contributed by atoms with Gasteiger partial charge in [0.25, 0.3) is 0 Å². The van der Waals surface area contributed by atoms with E-state index in [1.165, 1.54) is 7.11 Å². The van der Waals surface area contributed by atoms with Gasteiger partial charge in [-0.1, -0.05) is 0 Å². The molecule has 0 spiro atoms. The monoisotopic (exact) mass is 321 g/mol. The molecule has 1 heterocycles. The number of carbonyl (C=O) groups is 2. The smallest absolute Gasteiger partial charge is 0.227 e. The lowest BCUT2D eigenvalue weighted by Gasteiger charge is -2.20. The summed E-state index contributed by atoms with van der Waals surface area (Å²) < 4.78 is 10.5. The number of methoxy groups -OCH3 is 2. The van der Waals surface area contributed by atoms with Crippen molar-refractivity contribution in [2.75, 3.05) is 37.5 Å². The van der Waals surface area contributed by atoms with Crippen LogP contribution in [0.2, 0.25) is 0 Å². The maximum absolute atomic E-state index is 12.0. The molecule has 0 saturated carbocycles. The van der Waals surface area contributed by atoms with Gasteiger partial charge in [0.15, 0.2) is 0 Å². The van der Waals surface area contributed by atoms with Crippen molar-refractivity contribution in [3.63, 3.8) is 0 Å². The standard InChI is InChI=1S/C16H23N3O4/c1-22-12(10-17)9-15(20)18-11-5-6-13(14(8-11)23-2)19-7-3-4-16(19)21/h5-6,8,12H,3-4,7,9-10,17H2,1-2H3,(H,18,20). The molecule has 1 atom stereocenters. The van der Waals surface area contributed by atoms with Crippen LogP contribution in [0.1, 0.15) is 19.3 Å². The van der Waals surface area contributed by atoms with Crippen molar-refractivity contribution < 1.29 is 19.1 Å². The van der Waals surface area contributed by atoms with Crippen molar-refractivity contribution in [1.29, 1.82) is 0 Å². The molecule has 1 aliphatic heterocycles. The highest BCUT2D eigenvalue weighted by Crippen LogP contribution is 2.33. The van der Waals surface area contributed by atoms with Crippen LogP contribution in [0.5, 0.6) is 5.75 Å². The fraction of sp³-hybridized carbons (Fsp3) is 0.500. The molecule has 1 aromatic rings. The number of hydrogen-bond acceptors (Lipinski definition) is 5. The molecule has 2 rings (SSSR count). The highest BCUT2D eigenvalue weighted by molar-refractivity contribution is 5.98. The van der Waals surface area contributed by atoms with Crippen LogP contribution in [0, 0.1) is 0 Å². The van der Waals surface area contributed by atoms with Crippen molar-refractivity contribution in [3.8, 4) is 5.75 Å². The molecule has 126 valence electrons. The number of nitrogens with one attached hydrogen (secondary N) is 1. The Labute approximate surface area is 135 Å². The topological polar surface area (TPSA) is 93.9 Å². The minimum atomic E-state index is -0.307. The molecule has 7 heteroatoms. The summed E-state index contributed by atoms with van der Waals surface area (Å²) in [7, 11) is 3.07. The zero-order valence-electron chi connectivity index (χ0n) is 13.5. The Bertz CT molecular complexity index is 572. The van der Waals surface area contributed by atoms with Crippen LogP contribution in [0.4, 0.5) is 11.4 Å². The lowest BCUT2D eigenvalue weighted by Crippen LogP contribution is -2.28. The van der Waals surface area contributed by atoms with Crippen LogP contribution >= 0.6 is 0 Å². The van der Waals surface area contributed by atoms with Crippen LogP contribution in [0.25, 0.3) is 0 Å². The summed E-state index contributed by atoms with van der Waals surface area (Å²) in [6.45, 7) is 0.968. The van der Waals surface area contributed by atoms with Gasteiger partial charge in [0.2, 0.25) is 11.8 Å². The minimum Gasteiger partial charge on any atom is -0.494 e. The Hall–Kier alpha value is -2.12. The second-order valence-corrected chi connectivity index (χ2v) is 5.38. The zero-order chi connectivity index (χ0) is 16.8. The van der Waals surface area contributed by atoms with Crippen LogP contribution in [0.15, 0.2) is 18.2 Å². The van der Waals surface area contributed by atoms with Crippen molar-refractivity contribution in [3.05, 3.63) is 18.2 Å². The number of rotatable bonds is 7. The Morgan fingerprint density at radius 2 is 2.22 bits per heavy atom. The van der Waals surface area contributed by atoms with Crippen LogP contribution in [-0.2, 0) is 14.3 Å². The van der Waals surface area contributed by atoms with Gasteiger partial charge in [0.1, 0.15) is 5.75 Å². The lowest BCUT2D eigenvalue weighted by atomic mass is 10.2. The number of benzene rings is 1. The van der Waals surface area contributed by atoms with Gasteiger partial charge in [-0.05, 0) is 18.6 Å². The largest absolute Gasteiger partial charge is 0.494 e. The molecule has 0 radical (unpaired) electrons. The van der Waals surface area contributed by atoms with Crippen molar-refractivity contribution in [2.24, 2.45) is 5.73 Å². The molecule has 1 saturated heterocycles. The molecular formula is C16H23N3O4. The molecule has 3 N–H and O–H groups in total. The summed E-state index contributed by atoms with van der Waals surface area (Å²) in [4.78, 5) is 25.6.